The smallest absolute Gasteiger partial charge is 0.253 e. The molecule has 1 N–H and O–H groups in total. The van der Waals surface area contributed by atoms with Crippen molar-refractivity contribution in [3.05, 3.63) is 108 Å². The third kappa shape index (κ3) is 6.89. The zero-order valence-corrected chi connectivity index (χ0v) is 26.5. The van der Waals surface area contributed by atoms with Crippen LogP contribution in [0.15, 0.2) is 97.1 Å². The molecule has 2 aliphatic heterocycles. The van der Waals surface area contributed by atoms with Crippen LogP contribution < -0.4 is 5.48 Å². The second-order valence-corrected chi connectivity index (χ2v) is 14.9. The number of carbonyl (C=O) groups is 2. The molecule has 45 heavy (non-hydrogen) atoms. The lowest BCUT2D eigenvalue weighted by atomic mass is 9.97. The molecule has 0 spiro atoms. The summed E-state index contributed by atoms with van der Waals surface area (Å²) < 4.78 is 32.5. The maximum Gasteiger partial charge on any atom is 0.253 e. The van der Waals surface area contributed by atoms with Gasteiger partial charge in [0, 0.05) is 41.4 Å². The number of amides is 2. The zero-order valence-electron chi connectivity index (χ0n) is 24.9. The fourth-order valence-electron chi connectivity index (χ4n) is 5.96. The molecule has 0 aliphatic carbocycles. The molecule has 2 atom stereocenters. The van der Waals surface area contributed by atoms with Gasteiger partial charge >= 0.3 is 0 Å². The van der Waals surface area contributed by atoms with Crippen molar-refractivity contribution >= 4 is 33.0 Å². The standard InChI is InChI=1S/C35H36N2O6S2/c38-32(36-43-33-13-7-8-23-42-33)25-35(20-21-37(22-24-45(35,40)41)34(39)29-11-5-2-6-12-29)31-19-18-30(44-31)28-16-14-27(15-17-28)26-9-3-1-4-10-26/h1-6,9-12,14-19,33H,7-8,13,20-25H2,(H,36,38). The van der Waals surface area contributed by atoms with Crippen molar-refractivity contribution in [1.82, 2.24) is 10.4 Å². The van der Waals surface area contributed by atoms with Crippen molar-refractivity contribution in [3.63, 3.8) is 0 Å². The Bertz CT molecular complexity index is 1720. The number of ether oxygens (including phenoxy) is 1. The maximum absolute atomic E-state index is 14.2. The number of hydroxylamine groups is 1. The monoisotopic (exact) mass is 644 g/mol. The van der Waals surface area contributed by atoms with Crippen molar-refractivity contribution in [1.29, 1.82) is 0 Å². The number of thiophene rings is 1. The fourth-order valence-corrected chi connectivity index (χ4v) is 9.57. The molecule has 0 bridgehead atoms. The number of carbonyl (C=O) groups excluding carboxylic acids is 2. The fraction of sp³-hybridized carbons (Fsp3) is 0.314. The molecule has 8 nitrogen and oxygen atoms in total. The maximum atomic E-state index is 14.2. The third-order valence-electron chi connectivity index (χ3n) is 8.54. The van der Waals surface area contributed by atoms with Gasteiger partial charge < -0.3 is 9.64 Å². The Kier molecular flexibility index (Phi) is 9.46. The highest BCUT2D eigenvalue weighted by molar-refractivity contribution is 7.92. The lowest BCUT2D eigenvalue weighted by Crippen LogP contribution is -2.43. The summed E-state index contributed by atoms with van der Waals surface area (Å²) in [4.78, 5) is 35.3. The lowest BCUT2D eigenvalue weighted by Gasteiger charge is -2.31. The van der Waals surface area contributed by atoms with E-state index in [9.17, 15) is 18.0 Å². The Morgan fingerprint density at radius 2 is 1.56 bits per heavy atom. The number of rotatable bonds is 8. The van der Waals surface area contributed by atoms with Crippen LogP contribution in [0.5, 0.6) is 0 Å². The van der Waals surface area contributed by atoms with Gasteiger partial charge in [-0.2, -0.15) is 0 Å². The average molecular weight is 645 g/mol. The topological polar surface area (TPSA) is 102 Å². The van der Waals surface area contributed by atoms with E-state index in [1.807, 2.05) is 60.7 Å². The Hall–Kier alpha value is -3.83. The van der Waals surface area contributed by atoms with Crippen molar-refractivity contribution < 1.29 is 27.6 Å². The van der Waals surface area contributed by atoms with Crippen LogP contribution in [0.1, 0.15) is 47.3 Å². The van der Waals surface area contributed by atoms with E-state index < -0.39 is 26.8 Å². The van der Waals surface area contributed by atoms with Crippen LogP contribution in [0, 0.1) is 0 Å². The van der Waals surface area contributed by atoms with Gasteiger partial charge in [-0.3, -0.25) is 9.59 Å². The molecule has 4 aromatic rings. The number of nitrogens with one attached hydrogen (secondary N) is 1. The minimum atomic E-state index is -3.90. The molecular weight excluding hydrogens is 609 g/mol. The molecule has 0 radical (unpaired) electrons. The normalized spacial score (nSPS) is 21.5. The van der Waals surface area contributed by atoms with Crippen LogP contribution in [0.3, 0.4) is 0 Å². The molecule has 2 saturated heterocycles. The van der Waals surface area contributed by atoms with Crippen molar-refractivity contribution in [2.24, 2.45) is 0 Å². The SMILES string of the molecule is O=C(CC1(c2ccc(-c3ccc(-c4ccccc4)cc3)s2)CCN(C(=O)c2ccccc2)CCS1(=O)=O)NOC1CCCCO1. The Morgan fingerprint density at radius 1 is 0.867 bits per heavy atom. The molecule has 0 saturated carbocycles. The molecule has 2 fully saturated rings. The molecular formula is C35H36N2O6S2. The highest BCUT2D eigenvalue weighted by atomic mass is 32.2. The van der Waals surface area contributed by atoms with Crippen LogP contribution >= 0.6 is 11.3 Å². The van der Waals surface area contributed by atoms with Gasteiger partial charge in [0.05, 0.1) is 12.2 Å². The second-order valence-electron chi connectivity index (χ2n) is 11.4. The van der Waals surface area contributed by atoms with Crippen molar-refractivity contribution in [2.45, 2.75) is 43.1 Å². The predicted octanol–water partition coefficient (Wildman–Crippen LogP) is 6.20. The number of nitrogens with zero attached hydrogens (tertiary/aromatic N) is 1. The summed E-state index contributed by atoms with van der Waals surface area (Å²) in [5.74, 6) is -1.03. The van der Waals surface area contributed by atoms with Crippen LogP contribution in [0.4, 0.5) is 0 Å². The molecule has 2 unspecified atom stereocenters. The van der Waals surface area contributed by atoms with E-state index in [1.165, 1.54) is 11.3 Å². The van der Waals surface area contributed by atoms with Gasteiger partial charge in [-0.05, 0) is 60.2 Å². The second kappa shape index (κ2) is 13.7. The van der Waals surface area contributed by atoms with E-state index in [2.05, 4.69) is 17.6 Å². The van der Waals surface area contributed by atoms with Gasteiger partial charge in [0.25, 0.3) is 5.91 Å². The van der Waals surface area contributed by atoms with Crippen LogP contribution in [-0.4, -0.2) is 56.9 Å². The van der Waals surface area contributed by atoms with E-state index >= 15 is 0 Å². The first kappa shape index (κ1) is 31.2. The van der Waals surface area contributed by atoms with Crippen LogP contribution in [-0.2, 0) is 29.0 Å². The van der Waals surface area contributed by atoms with Gasteiger partial charge in [-0.25, -0.2) is 18.7 Å². The summed E-state index contributed by atoms with van der Waals surface area (Å²) in [6, 6.07) is 30.8. The first-order valence-corrected chi connectivity index (χ1v) is 17.7. The van der Waals surface area contributed by atoms with E-state index in [1.54, 1.807) is 29.2 Å². The Labute approximate surface area is 267 Å². The summed E-state index contributed by atoms with van der Waals surface area (Å²) in [7, 11) is -3.90. The molecule has 6 rings (SSSR count). The van der Waals surface area contributed by atoms with Gasteiger partial charge in [0.1, 0.15) is 4.75 Å². The quantitative estimate of drug-likeness (QED) is 0.229. The average Bonchev–Trinajstić information content (AvgIpc) is 3.54. The largest absolute Gasteiger partial charge is 0.350 e. The summed E-state index contributed by atoms with van der Waals surface area (Å²) in [6.45, 7) is 0.783. The van der Waals surface area contributed by atoms with Crippen molar-refractivity contribution in [3.8, 4) is 21.6 Å². The Balaban J connectivity index is 1.29. The minimum absolute atomic E-state index is 0.0467. The Morgan fingerprint density at radius 3 is 2.27 bits per heavy atom. The van der Waals surface area contributed by atoms with Gasteiger partial charge in [0.2, 0.25) is 5.91 Å². The number of benzene rings is 3. The summed E-state index contributed by atoms with van der Waals surface area (Å²) in [5, 5.41) is 0. The number of hydrogen-bond acceptors (Lipinski definition) is 7. The molecule has 1 aromatic heterocycles. The first-order chi connectivity index (χ1) is 21.8. The summed E-state index contributed by atoms with van der Waals surface area (Å²) in [5.41, 5.74) is 6.12. The van der Waals surface area contributed by atoms with Crippen LogP contribution in [0.2, 0.25) is 0 Å². The minimum Gasteiger partial charge on any atom is -0.350 e. The molecule has 2 aliphatic rings. The van der Waals surface area contributed by atoms with E-state index in [0.29, 0.717) is 23.5 Å². The number of sulfone groups is 1. The number of hydrogen-bond donors (Lipinski definition) is 1. The molecule has 10 heteroatoms. The van der Waals surface area contributed by atoms with E-state index in [0.717, 1.165) is 34.4 Å². The zero-order chi connectivity index (χ0) is 31.3. The van der Waals surface area contributed by atoms with E-state index in [-0.39, 0.29) is 37.6 Å². The molecule has 234 valence electrons. The first-order valence-electron chi connectivity index (χ1n) is 15.2. The van der Waals surface area contributed by atoms with Gasteiger partial charge in [-0.1, -0.05) is 72.8 Å². The molecule has 2 amide bonds. The summed E-state index contributed by atoms with van der Waals surface area (Å²) in [6.07, 6.45) is 1.70. The summed E-state index contributed by atoms with van der Waals surface area (Å²) >= 11 is 1.37. The van der Waals surface area contributed by atoms with Crippen LogP contribution in [0.25, 0.3) is 21.6 Å². The highest BCUT2D eigenvalue weighted by Crippen LogP contribution is 2.45. The van der Waals surface area contributed by atoms with E-state index in [4.69, 9.17) is 9.57 Å². The van der Waals surface area contributed by atoms with Gasteiger partial charge in [0.15, 0.2) is 16.1 Å². The predicted molar refractivity (Wildman–Crippen MR) is 175 cm³/mol. The molecule has 3 heterocycles. The molecule has 3 aromatic carbocycles. The third-order valence-corrected chi connectivity index (χ3v) is 12.5. The highest BCUT2D eigenvalue weighted by Gasteiger charge is 2.50. The van der Waals surface area contributed by atoms with Crippen molar-refractivity contribution in [2.75, 3.05) is 25.4 Å². The van der Waals surface area contributed by atoms with Gasteiger partial charge in [-0.15, -0.1) is 11.3 Å². The lowest BCUT2D eigenvalue weighted by molar-refractivity contribution is -0.200.